The Labute approximate surface area is 153 Å². The monoisotopic (exact) mass is 354 g/mol. The van der Waals surface area contributed by atoms with Crippen molar-refractivity contribution in [2.45, 2.75) is 31.7 Å². The zero-order chi connectivity index (χ0) is 18.4. The van der Waals surface area contributed by atoms with Crippen molar-refractivity contribution in [2.24, 2.45) is 0 Å². The van der Waals surface area contributed by atoms with Crippen LogP contribution in [0.2, 0.25) is 0 Å². The molecule has 1 atom stereocenters. The number of hydrogen-bond acceptors (Lipinski definition) is 3. The Morgan fingerprint density at radius 2 is 1.77 bits per heavy atom. The molecule has 0 bridgehead atoms. The second-order valence-electron chi connectivity index (χ2n) is 6.62. The van der Waals surface area contributed by atoms with Crippen molar-refractivity contribution >= 4 is 17.4 Å². The standard InChI is InChI=1S/C21H23FN2O2/c22-17-10-8-16(9-11-17)20(25)12-13-21(26)24-14-4-7-19(15-24)23-18-5-2-1-3-6-18/h1-3,5-6,8-11,19,23H,4,7,12-15H2. The van der Waals surface area contributed by atoms with Gasteiger partial charge in [0, 0.05) is 43.2 Å². The number of hydrogen-bond donors (Lipinski definition) is 1. The van der Waals surface area contributed by atoms with Gasteiger partial charge in [-0.1, -0.05) is 18.2 Å². The summed E-state index contributed by atoms with van der Waals surface area (Å²) in [4.78, 5) is 26.5. The van der Waals surface area contributed by atoms with Gasteiger partial charge in [-0.05, 0) is 49.2 Å². The van der Waals surface area contributed by atoms with E-state index in [1.165, 1.54) is 24.3 Å². The zero-order valence-corrected chi connectivity index (χ0v) is 14.7. The lowest BCUT2D eigenvalue weighted by Gasteiger charge is -2.33. The molecule has 1 amide bonds. The molecular formula is C21H23FN2O2. The highest BCUT2D eigenvalue weighted by Gasteiger charge is 2.24. The van der Waals surface area contributed by atoms with E-state index in [0.717, 1.165) is 25.1 Å². The lowest BCUT2D eigenvalue weighted by atomic mass is 10.0. The number of carbonyl (C=O) groups excluding carboxylic acids is 2. The number of ketones is 1. The van der Waals surface area contributed by atoms with Gasteiger partial charge in [0.25, 0.3) is 0 Å². The molecule has 26 heavy (non-hydrogen) atoms. The molecule has 1 N–H and O–H groups in total. The molecule has 0 spiro atoms. The summed E-state index contributed by atoms with van der Waals surface area (Å²) in [5.74, 6) is -0.503. The number of nitrogens with zero attached hydrogens (tertiary/aromatic N) is 1. The molecule has 1 heterocycles. The average Bonchev–Trinajstić information content (AvgIpc) is 2.67. The Hall–Kier alpha value is -2.69. The Morgan fingerprint density at radius 3 is 2.50 bits per heavy atom. The zero-order valence-electron chi connectivity index (χ0n) is 14.7. The predicted octanol–water partition coefficient (Wildman–Crippen LogP) is 3.89. The maximum atomic E-state index is 12.9. The van der Waals surface area contributed by atoms with E-state index in [1.807, 2.05) is 35.2 Å². The number of amides is 1. The number of benzene rings is 2. The van der Waals surface area contributed by atoms with E-state index < -0.39 is 0 Å². The number of halogens is 1. The van der Waals surface area contributed by atoms with E-state index in [1.54, 1.807) is 0 Å². The van der Waals surface area contributed by atoms with Crippen LogP contribution < -0.4 is 5.32 Å². The molecule has 1 saturated heterocycles. The molecule has 3 rings (SSSR count). The topological polar surface area (TPSA) is 49.4 Å². The number of nitrogens with one attached hydrogen (secondary N) is 1. The largest absolute Gasteiger partial charge is 0.381 e. The third kappa shape index (κ3) is 4.91. The number of para-hydroxylation sites is 1. The first kappa shape index (κ1) is 18.1. The second kappa shape index (κ2) is 8.61. The summed E-state index contributed by atoms with van der Waals surface area (Å²) in [6.45, 7) is 1.38. The van der Waals surface area contributed by atoms with Crippen LogP contribution in [0.5, 0.6) is 0 Å². The fourth-order valence-corrected chi connectivity index (χ4v) is 3.25. The smallest absolute Gasteiger partial charge is 0.223 e. The van der Waals surface area contributed by atoms with E-state index in [4.69, 9.17) is 0 Å². The van der Waals surface area contributed by atoms with Gasteiger partial charge in [-0.15, -0.1) is 0 Å². The van der Waals surface area contributed by atoms with Gasteiger partial charge in [0.1, 0.15) is 5.82 Å². The summed E-state index contributed by atoms with van der Waals surface area (Å²) >= 11 is 0. The molecule has 0 saturated carbocycles. The number of Topliss-reactive ketones (excluding diaryl/α,β-unsaturated/α-hetero) is 1. The van der Waals surface area contributed by atoms with Crippen LogP contribution in [0.25, 0.3) is 0 Å². The minimum atomic E-state index is -0.372. The average molecular weight is 354 g/mol. The van der Waals surface area contributed by atoms with E-state index in [0.29, 0.717) is 12.1 Å². The SMILES string of the molecule is O=C(CCC(=O)N1CCCC(Nc2ccccc2)C1)c1ccc(F)cc1. The molecule has 1 aliphatic heterocycles. The first-order chi connectivity index (χ1) is 12.6. The van der Waals surface area contributed by atoms with Crippen LogP contribution in [0.4, 0.5) is 10.1 Å². The summed E-state index contributed by atoms with van der Waals surface area (Å²) in [5.41, 5.74) is 1.50. The fourth-order valence-electron chi connectivity index (χ4n) is 3.25. The van der Waals surface area contributed by atoms with Crippen molar-refractivity contribution in [3.63, 3.8) is 0 Å². The van der Waals surface area contributed by atoms with Crippen molar-refractivity contribution in [1.29, 1.82) is 0 Å². The molecule has 2 aromatic carbocycles. The first-order valence-corrected chi connectivity index (χ1v) is 9.00. The van der Waals surface area contributed by atoms with Crippen LogP contribution in [-0.4, -0.2) is 35.7 Å². The van der Waals surface area contributed by atoms with Gasteiger partial charge < -0.3 is 10.2 Å². The van der Waals surface area contributed by atoms with E-state index >= 15 is 0 Å². The maximum Gasteiger partial charge on any atom is 0.223 e. The molecular weight excluding hydrogens is 331 g/mol. The van der Waals surface area contributed by atoms with Crippen LogP contribution in [0.1, 0.15) is 36.0 Å². The van der Waals surface area contributed by atoms with E-state index in [-0.39, 0.29) is 36.4 Å². The molecule has 0 aliphatic carbocycles. The lowest BCUT2D eigenvalue weighted by Crippen LogP contribution is -2.45. The Bertz CT molecular complexity index is 746. The highest BCUT2D eigenvalue weighted by atomic mass is 19.1. The van der Waals surface area contributed by atoms with Gasteiger partial charge in [-0.25, -0.2) is 4.39 Å². The minimum Gasteiger partial charge on any atom is -0.381 e. The fraction of sp³-hybridized carbons (Fsp3) is 0.333. The van der Waals surface area contributed by atoms with Gasteiger partial charge in [-0.2, -0.15) is 0 Å². The van der Waals surface area contributed by atoms with Crippen LogP contribution in [0, 0.1) is 5.82 Å². The number of rotatable bonds is 6. The first-order valence-electron chi connectivity index (χ1n) is 9.00. The molecule has 0 radical (unpaired) electrons. The van der Waals surface area contributed by atoms with E-state index in [9.17, 15) is 14.0 Å². The van der Waals surface area contributed by atoms with Gasteiger partial charge >= 0.3 is 0 Å². The van der Waals surface area contributed by atoms with Gasteiger partial charge in [0.05, 0.1) is 0 Å². The summed E-state index contributed by atoms with van der Waals surface area (Å²) in [5, 5.41) is 3.47. The van der Waals surface area contributed by atoms with Crippen molar-refractivity contribution < 1.29 is 14.0 Å². The summed E-state index contributed by atoms with van der Waals surface area (Å²) in [6, 6.07) is 15.6. The van der Waals surface area contributed by atoms with Gasteiger partial charge in [-0.3, -0.25) is 9.59 Å². The molecule has 1 aliphatic rings. The molecule has 1 unspecified atom stereocenters. The van der Waals surface area contributed by atoms with Crippen LogP contribution >= 0.6 is 0 Å². The Kier molecular flexibility index (Phi) is 6.00. The van der Waals surface area contributed by atoms with Crippen molar-refractivity contribution in [3.05, 3.63) is 66.0 Å². The number of anilines is 1. The Balaban J connectivity index is 1.49. The second-order valence-corrected chi connectivity index (χ2v) is 6.62. The number of carbonyl (C=O) groups is 2. The normalized spacial score (nSPS) is 17.0. The van der Waals surface area contributed by atoms with Crippen LogP contribution in [-0.2, 0) is 4.79 Å². The Morgan fingerprint density at radius 1 is 1.04 bits per heavy atom. The van der Waals surface area contributed by atoms with Crippen LogP contribution in [0.15, 0.2) is 54.6 Å². The van der Waals surface area contributed by atoms with E-state index in [2.05, 4.69) is 5.32 Å². The van der Waals surface area contributed by atoms with Crippen LogP contribution in [0.3, 0.4) is 0 Å². The molecule has 136 valence electrons. The minimum absolute atomic E-state index is 0.0000216. The lowest BCUT2D eigenvalue weighted by molar-refractivity contribution is -0.132. The van der Waals surface area contributed by atoms with Crippen molar-refractivity contribution in [1.82, 2.24) is 4.90 Å². The third-order valence-corrected chi connectivity index (χ3v) is 4.65. The van der Waals surface area contributed by atoms with Gasteiger partial charge in [0.15, 0.2) is 5.78 Å². The molecule has 2 aromatic rings. The summed E-state index contributed by atoms with van der Waals surface area (Å²) in [7, 11) is 0. The van der Waals surface area contributed by atoms with Crippen molar-refractivity contribution in [3.8, 4) is 0 Å². The van der Waals surface area contributed by atoms with Crippen molar-refractivity contribution in [2.75, 3.05) is 18.4 Å². The number of likely N-dealkylation sites (tertiary alicyclic amines) is 1. The van der Waals surface area contributed by atoms with Gasteiger partial charge in [0.2, 0.25) is 5.91 Å². The number of piperidine rings is 1. The predicted molar refractivity (Wildman–Crippen MR) is 99.6 cm³/mol. The summed E-state index contributed by atoms with van der Waals surface area (Å²) in [6.07, 6.45) is 2.31. The third-order valence-electron chi connectivity index (χ3n) is 4.65. The maximum absolute atomic E-state index is 12.9. The quantitative estimate of drug-likeness (QED) is 0.801. The highest BCUT2D eigenvalue weighted by molar-refractivity contribution is 5.97. The molecule has 4 nitrogen and oxygen atoms in total. The molecule has 5 heteroatoms. The highest BCUT2D eigenvalue weighted by Crippen LogP contribution is 2.17. The molecule has 1 fully saturated rings. The summed E-state index contributed by atoms with van der Waals surface area (Å²) < 4.78 is 12.9. The molecule has 0 aromatic heterocycles.